The van der Waals surface area contributed by atoms with Crippen molar-refractivity contribution in [3.8, 4) is 12.1 Å². The molecule has 2 fully saturated rings. The molecule has 2 saturated heterocycles. The van der Waals surface area contributed by atoms with Gasteiger partial charge in [0.05, 0.1) is 48.6 Å². The third-order valence-corrected chi connectivity index (χ3v) is 5.68. The van der Waals surface area contributed by atoms with Crippen molar-refractivity contribution in [1.29, 1.82) is 10.5 Å². The Kier molecular flexibility index (Phi) is 3.93. The molecule has 0 spiro atoms. The fourth-order valence-corrected chi connectivity index (χ4v) is 5.15. The maximum Gasteiger partial charge on any atom is 0.172 e. The zero-order valence-corrected chi connectivity index (χ0v) is 12.0. The Labute approximate surface area is 118 Å². The van der Waals surface area contributed by atoms with Gasteiger partial charge in [-0.1, -0.05) is 0 Å². The molecule has 8 heteroatoms. The van der Waals surface area contributed by atoms with Gasteiger partial charge in [0.2, 0.25) is 0 Å². The first kappa shape index (κ1) is 14.0. The van der Waals surface area contributed by atoms with Crippen LogP contribution in [0, 0.1) is 22.7 Å². The summed E-state index contributed by atoms with van der Waals surface area (Å²) in [6.07, 6.45) is 0.630. The molecule has 0 aliphatic carbocycles. The molecule has 2 heterocycles. The Hall–Kier alpha value is -1.38. The second-order valence-corrected chi connectivity index (χ2v) is 7.22. The van der Waals surface area contributed by atoms with Crippen LogP contribution in [0.3, 0.4) is 0 Å². The van der Waals surface area contributed by atoms with E-state index in [0.29, 0.717) is 31.0 Å². The van der Waals surface area contributed by atoms with E-state index in [9.17, 15) is 8.42 Å². The van der Waals surface area contributed by atoms with Crippen molar-refractivity contribution in [3.05, 3.63) is 0 Å². The van der Waals surface area contributed by atoms with Crippen molar-refractivity contribution >= 4 is 27.2 Å². The van der Waals surface area contributed by atoms with Crippen molar-refractivity contribution in [2.75, 3.05) is 24.6 Å². The number of nitriles is 2. The number of sulfone groups is 1. The van der Waals surface area contributed by atoms with E-state index in [4.69, 9.17) is 22.7 Å². The van der Waals surface area contributed by atoms with E-state index in [2.05, 4.69) is 12.1 Å². The number of fused-ring (bicyclic) bond motifs is 1. The predicted molar refractivity (Wildman–Crippen MR) is 72.7 cm³/mol. The zero-order valence-electron chi connectivity index (χ0n) is 10.3. The summed E-state index contributed by atoms with van der Waals surface area (Å²) in [7, 11) is -3.05. The lowest BCUT2D eigenvalue weighted by atomic mass is 10.1. The maximum absolute atomic E-state index is 11.8. The highest BCUT2D eigenvalue weighted by atomic mass is 32.2. The molecule has 2 rings (SSSR count). The lowest BCUT2D eigenvalue weighted by Gasteiger charge is -2.24. The quantitative estimate of drug-likeness (QED) is 0.669. The zero-order chi connectivity index (χ0) is 14.0. The van der Waals surface area contributed by atoms with Crippen LogP contribution in [-0.4, -0.2) is 60.0 Å². The lowest BCUT2D eigenvalue weighted by Crippen LogP contribution is -2.38. The number of rotatable bonds is 4. The first-order valence-corrected chi connectivity index (χ1v) is 8.24. The minimum Gasteiger partial charge on any atom is -0.342 e. The molecule has 0 N–H and O–H groups in total. The van der Waals surface area contributed by atoms with Crippen LogP contribution in [0.5, 0.6) is 0 Å². The summed E-state index contributed by atoms with van der Waals surface area (Å²) in [5.74, 6) is 0.179. The van der Waals surface area contributed by atoms with Gasteiger partial charge < -0.3 is 9.80 Å². The largest absolute Gasteiger partial charge is 0.342 e. The summed E-state index contributed by atoms with van der Waals surface area (Å²) < 4.78 is 23.5. The van der Waals surface area contributed by atoms with Crippen LogP contribution < -0.4 is 0 Å². The highest BCUT2D eigenvalue weighted by Gasteiger charge is 2.50. The number of hydrogen-bond donors (Lipinski definition) is 0. The third-order valence-electron chi connectivity index (χ3n) is 3.51. The second kappa shape index (κ2) is 5.32. The van der Waals surface area contributed by atoms with Gasteiger partial charge in [-0.3, -0.25) is 0 Å². The Balaban J connectivity index is 2.21. The predicted octanol–water partition coefficient (Wildman–Crippen LogP) is -0.118. The van der Waals surface area contributed by atoms with Crippen molar-refractivity contribution in [3.63, 3.8) is 0 Å². The van der Waals surface area contributed by atoms with E-state index in [1.807, 2.05) is 9.80 Å². The van der Waals surface area contributed by atoms with Crippen molar-refractivity contribution in [2.45, 2.75) is 24.9 Å². The first-order valence-electron chi connectivity index (χ1n) is 6.02. The molecule has 0 aromatic heterocycles. The van der Waals surface area contributed by atoms with Gasteiger partial charge in [0, 0.05) is 13.1 Å². The molecule has 0 bridgehead atoms. The second-order valence-electron chi connectivity index (χ2n) is 4.70. The molecule has 0 saturated carbocycles. The summed E-state index contributed by atoms with van der Waals surface area (Å²) in [5.41, 5.74) is 0. The monoisotopic (exact) mass is 298 g/mol. The Morgan fingerprint density at radius 1 is 1.11 bits per heavy atom. The van der Waals surface area contributed by atoms with Crippen molar-refractivity contribution in [1.82, 2.24) is 9.80 Å². The minimum absolute atomic E-state index is 0.0896. The Morgan fingerprint density at radius 2 is 1.53 bits per heavy atom. The molecular formula is C11H14N4O2S2. The Bertz CT molecular complexity index is 518. The van der Waals surface area contributed by atoms with Gasteiger partial charge >= 0.3 is 0 Å². The smallest absolute Gasteiger partial charge is 0.172 e. The van der Waals surface area contributed by atoms with E-state index in [1.54, 1.807) is 0 Å². The molecule has 102 valence electrons. The molecule has 2 atom stereocenters. The van der Waals surface area contributed by atoms with Gasteiger partial charge in [0.25, 0.3) is 0 Å². The summed E-state index contributed by atoms with van der Waals surface area (Å²) in [5, 5.41) is 17.9. The fourth-order valence-electron chi connectivity index (χ4n) is 2.72. The van der Waals surface area contributed by atoms with Crippen molar-refractivity contribution in [2.24, 2.45) is 0 Å². The van der Waals surface area contributed by atoms with Gasteiger partial charge in [-0.15, -0.1) is 0 Å². The average Bonchev–Trinajstić information content (AvgIpc) is 2.76. The molecule has 2 aliphatic rings. The van der Waals surface area contributed by atoms with Crippen LogP contribution in [0.25, 0.3) is 0 Å². The topological polar surface area (TPSA) is 88.2 Å². The van der Waals surface area contributed by atoms with Gasteiger partial charge in [-0.25, -0.2) is 8.42 Å². The summed E-state index contributed by atoms with van der Waals surface area (Å²) >= 11 is 5.36. The number of hydrogen-bond acceptors (Lipinski definition) is 5. The molecule has 19 heavy (non-hydrogen) atoms. The van der Waals surface area contributed by atoms with Gasteiger partial charge in [-0.2, -0.15) is 10.5 Å². The normalized spacial score (nSPS) is 28.0. The maximum atomic E-state index is 11.8. The van der Waals surface area contributed by atoms with Crippen molar-refractivity contribution < 1.29 is 8.42 Å². The van der Waals surface area contributed by atoms with Gasteiger partial charge in [-0.05, 0) is 12.2 Å². The van der Waals surface area contributed by atoms with Crippen LogP contribution in [0.2, 0.25) is 0 Å². The van der Waals surface area contributed by atoms with Crippen LogP contribution in [0.1, 0.15) is 12.8 Å². The van der Waals surface area contributed by atoms with Crippen LogP contribution in [-0.2, 0) is 9.84 Å². The summed E-state index contributed by atoms with van der Waals surface area (Å²) in [4.78, 5) is 3.68. The number of thiocarbonyl (C=S) groups is 1. The van der Waals surface area contributed by atoms with Crippen LogP contribution in [0.15, 0.2) is 0 Å². The molecule has 6 nitrogen and oxygen atoms in total. The first-order chi connectivity index (χ1) is 9.00. The van der Waals surface area contributed by atoms with E-state index in [-0.39, 0.29) is 23.6 Å². The average molecular weight is 298 g/mol. The van der Waals surface area contributed by atoms with E-state index >= 15 is 0 Å². The SMILES string of the molecule is N#CCCN1C(=S)N(CCC#N)[C@H]2CS(=O)(=O)C[C@@H]21. The molecule has 0 amide bonds. The minimum atomic E-state index is -3.05. The highest BCUT2D eigenvalue weighted by molar-refractivity contribution is 7.91. The van der Waals surface area contributed by atoms with Gasteiger partial charge in [0.15, 0.2) is 14.9 Å². The van der Waals surface area contributed by atoms with E-state index in [1.165, 1.54) is 0 Å². The summed E-state index contributed by atoms with van der Waals surface area (Å²) in [6, 6.07) is 3.78. The van der Waals surface area contributed by atoms with Crippen LogP contribution in [0.4, 0.5) is 0 Å². The lowest BCUT2D eigenvalue weighted by molar-refractivity contribution is 0.318. The highest BCUT2D eigenvalue weighted by Crippen LogP contribution is 2.31. The molecule has 0 unspecified atom stereocenters. The van der Waals surface area contributed by atoms with Gasteiger partial charge in [0.1, 0.15) is 0 Å². The fraction of sp³-hybridized carbons (Fsp3) is 0.727. The summed E-state index contributed by atoms with van der Waals surface area (Å²) in [6.45, 7) is 0.907. The standard InChI is InChI=1S/C11H14N4O2S2/c12-3-1-5-14-9-7-19(16,17)8-10(9)15(11(14)18)6-2-4-13/h9-10H,1-2,5-8H2/t9-,10-/m0/s1. The number of nitrogens with zero attached hydrogens (tertiary/aromatic N) is 4. The molecule has 0 radical (unpaired) electrons. The molecule has 2 aliphatic heterocycles. The molecule has 0 aromatic rings. The Morgan fingerprint density at radius 3 is 1.89 bits per heavy atom. The molecular weight excluding hydrogens is 284 g/mol. The molecule has 0 aromatic carbocycles. The van der Waals surface area contributed by atoms with E-state index < -0.39 is 9.84 Å². The van der Waals surface area contributed by atoms with E-state index in [0.717, 1.165) is 0 Å². The third kappa shape index (κ3) is 2.65. The van der Waals surface area contributed by atoms with Crippen LogP contribution >= 0.6 is 12.2 Å².